The van der Waals surface area contributed by atoms with E-state index in [-0.39, 0.29) is 0 Å². The second-order valence-electron chi connectivity index (χ2n) is 4.04. The van der Waals surface area contributed by atoms with E-state index in [0.717, 1.165) is 32.0 Å². The van der Waals surface area contributed by atoms with Gasteiger partial charge in [-0.25, -0.2) is 4.98 Å². The van der Waals surface area contributed by atoms with E-state index in [0.29, 0.717) is 12.5 Å². The second-order valence-corrected chi connectivity index (χ2v) is 4.04. The van der Waals surface area contributed by atoms with Crippen LogP contribution in [0.5, 0.6) is 0 Å². The highest BCUT2D eigenvalue weighted by Crippen LogP contribution is 2.00. The molecule has 0 fully saturated rings. The summed E-state index contributed by atoms with van der Waals surface area (Å²) in [5, 5.41) is 0. The molecule has 0 aliphatic carbocycles. The zero-order valence-electron chi connectivity index (χ0n) is 9.65. The van der Waals surface area contributed by atoms with Gasteiger partial charge in [-0.2, -0.15) is 0 Å². The van der Waals surface area contributed by atoms with Gasteiger partial charge in [0.05, 0.1) is 13.2 Å². The third-order valence-corrected chi connectivity index (χ3v) is 2.30. The number of nitrogens with zero attached hydrogens (tertiary/aromatic N) is 2. The smallest absolute Gasteiger partial charge is 0.122 e. The zero-order chi connectivity index (χ0) is 11.1. The van der Waals surface area contributed by atoms with Gasteiger partial charge in [-0.1, -0.05) is 13.8 Å². The summed E-state index contributed by atoms with van der Waals surface area (Å²) in [5.74, 6) is 1.63. The van der Waals surface area contributed by atoms with E-state index < -0.39 is 0 Å². The minimum absolute atomic E-state index is 0.485. The minimum Gasteiger partial charge on any atom is -0.380 e. The van der Waals surface area contributed by atoms with Crippen molar-refractivity contribution in [2.45, 2.75) is 33.4 Å². The molecule has 0 bridgehead atoms. The molecule has 1 rings (SSSR count). The first-order valence-corrected chi connectivity index (χ1v) is 5.52. The van der Waals surface area contributed by atoms with E-state index >= 15 is 0 Å². The van der Waals surface area contributed by atoms with Crippen LogP contribution >= 0.6 is 0 Å². The quantitative estimate of drug-likeness (QED) is 0.694. The number of imidazole rings is 1. The Bertz CT molecular complexity index is 271. The van der Waals surface area contributed by atoms with Gasteiger partial charge in [-0.15, -0.1) is 0 Å². The highest BCUT2D eigenvalue weighted by Gasteiger charge is 1.99. The Morgan fingerprint density at radius 3 is 2.93 bits per heavy atom. The maximum Gasteiger partial charge on any atom is 0.122 e. The molecule has 4 heteroatoms. The lowest BCUT2D eigenvalue weighted by Gasteiger charge is -2.08. The van der Waals surface area contributed by atoms with Crippen LogP contribution in [-0.4, -0.2) is 22.8 Å². The third-order valence-electron chi connectivity index (χ3n) is 2.30. The SMILES string of the molecule is CC(C)CCOCCn1ccnc1CN. The fraction of sp³-hybridized carbons (Fsp3) is 0.727. The summed E-state index contributed by atoms with van der Waals surface area (Å²) in [6, 6.07) is 0. The zero-order valence-corrected chi connectivity index (χ0v) is 9.65. The van der Waals surface area contributed by atoms with Crippen molar-refractivity contribution < 1.29 is 4.74 Å². The molecule has 15 heavy (non-hydrogen) atoms. The molecule has 0 unspecified atom stereocenters. The molecule has 0 saturated heterocycles. The Hall–Kier alpha value is -0.870. The van der Waals surface area contributed by atoms with Crippen LogP contribution in [-0.2, 0) is 17.8 Å². The highest BCUT2D eigenvalue weighted by atomic mass is 16.5. The molecular weight excluding hydrogens is 190 g/mol. The van der Waals surface area contributed by atoms with Crippen molar-refractivity contribution in [3.05, 3.63) is 18.2 Å². The van der Waals surface area contributed by atoms with Gasteiger partial charge in [0, 0.05) is 25.5 Å². The highest BCUT2D eigenvalue weighted by molar-refractivity contribution is 4.90. The van der Waals surface area contributed by atoms with Gasteiger partial charge in [-0.05, 0) is 12.3 Å². The maximum atomic E-state index is 5.54. The van der Waals surface area contributed by atoms with Gasteiger partial charge in [0.25, 0.3) is 0 Å². The fourth-order valence-electron chi connectivity index (χ4n) is 1.32. The molecule has 1 heterocycles. The van der Waals surface area contributed by atoms with Crippen LogP contribution in [0.4, 0.5) is 0 Å². The van der Waals surface area contributed by atoms with Crippen molar-refractivity contribution in [1.82, 2.24) is 9.55 Å². The normalized spacial score (nSPS) is 11.2. The summed E-state index contributed by atoms with van der Waals surface area (Å²) in [6.07, 6.45) is 4.83. The summed E-state index contributed by atoms with van der Waals surface area (Å²) in [7, 11) is 0. The lowest BCUT2D eigenvalue weighted by molar-refractivity contribution is 0.115. The van der Waals surface area contributed by atoms with Crippen LogP contribution in [0.25, 0.3) is 0 Å². The number of rotatable bonds is 7. The molecule has 86 valence electrons. The van der Waals surface area contributed by atoms with Gasteiger partial charge in [0.1, 0.15) is 5.82 Å². The van der Waals surface area contributed by atoms with E-state index in [1.165, 1.54) is 0 Å². The number of ether oxygens (including phenoxy) is 1. The average molecular weight is 211 g/mol. The first-order chi connectivity index (χ1) is 7.24. The number of nitrogens with two attached hydrogens (primary N) is 1. The molecule has 0 aliphatic rings. The van der Waals surface area contributed by atoms with Crippen LogP contribution in [0.15, 0.2) is 12.4 Å². The average Bonchev–Trinajstić information content (AvgIpc) is 2.64. The van der Waals surface area contributed by atoms with Gasteiger partial charge in [0.2, 0.25) is 0 Å². The summed E-state index contributed by atoms with van der Waals surface area (Å²) < 4.78 is 7.56. The molecule has 2 N–H and O–H groups in total. The van der Waals surface area contributed by atoms with Crippen molar-refractivity contribution in [3.63, 3.8) is 0 Å². The largest absolute Gasteiger partial charge is 0.380 e. The lowest BCUT2D eigenvalue weighted by Crippen LogP contribution is -2.12. The number of aromatic nitrogens is 2. The Balaban J connectivity index is 2.15. The molecule has 0 amide bonds. The Morgan fingerprint density at radius 1 is 1.47 bits per heavy atom. The van der Waals surface area contributed by atoms with Crippen molar-refractivity contribution in [1.29, 1.82) is 0 Å². The molecule has 1 aromatic heterocycles. The summed E-state index contributed by atoms with van der Waals surface area (Å²) >= 11 is 0. The summed E-state index contributed by atoms with van der Waals surface area (Å²) in [6.45, 7) is 7.29. The Morgan fingerprint density at radius 2 is 2.27 bits per heavy atom. The van der Waals surface area contributed by atoms with E-state index in [1.54, 1.807) is 6.20 Å². The predicted molar refractivity (Wildman–Crippen MR) is 60.4 cm³/mol. The van der Waals surface area contributed by atoms with Gasteiger partial charge < -0.3 is 15.0 Å². The Kier molecular flexibility index (Phi) is 5.36. The van der Waals surface area contributed by atoms with Crippen LogP contribution < -0.4 is 5.73 Å². The van der Waals surface area contributed by atoms with Crippen LogP contribution in [0, 0.1) is 5.92 Å². The maximum absolute atomic E-state index is 5.54. The van der Waals surface area contributed by atoms with Crippen molar-refractivity contribution in [2.75, 3.05) is 13.2 Å². The van der Waals surface area contributed by atoms with E-state index in [1.807, 2.05) is 10.8 Å². The lowest BCUT2D eigenvalue weighted by atomic mass is 10.1. The topological polar surface area (TPSA) is 53.1 Å². The van der Waals surface area contributed by atoms with E-state index in [9.17, 15) is 0 Å². The first kappa shape index (κ1) is 12.2. The predicted octanol–water partition coefficient (Wildman–Crippen LogP) is 1.40. The first-order valence-electron chi connectivity index (χ1n) is 5.52. The minimum atomic E-state index is 0.485. The monoisotopic (exact) mass is 211 g/mol. The second kappa shape index (κ2) is 6.58. The summed E-state index contributed by atoms with van der Waals surface area (Å²) in [5.41, 5.74) is 5.54. The molecule has 1 aromatic rings. The standard InChI is InChI=1S/C11H21N3O/c1-10(2)3-7-15-8-6-14-5-4-13-11(14)9-12/h4-5,10H,3,6-9,12H2,1-2H3. The molecule has 0 radical (unpaired) electrons. The molecule has 0 spiro atoms. The van der Waals surface area contributed by atoms with Gasteiger partial charge >= 0.3 is 0 Å². The van der Waals surface area contributed by atoms with Crippen molar-refractivity contribution >= 4 is 0 Å². The van der Waals surface area contributed by atoms with Crippen molar-refractivity contribution in [3.8, 4) is 0 Å². The van der Waals surface area contributed by atoms with E-state index in [4.69, 9.17) is 10.5 Å². The van der Waals surface area contributed by atoms with Crippen LogP contribution in [0.1, 0.15) is 26.1 Å². The van der Waals surface area contributed by atoms with Gasteiger partial charge in [0.15, 0.2) is 0 Å². The van der Waals surface area contributed by atoms with E-state index in [2.05, 4.69) is 18.8 Å². The van der Waals surface area contributed by atoms with Crippen molar-refractivity contribution in [2.24, 2.45) is 11.7 Å². The Labute approximate surface area is 91.4 Å². The molecule has 0 aliphatic heterocycles. The number of hydrogen-bond acceptors (Lipinski definition) is 3. The van der Waals surface area contributed by atoms with Gasteiger partial charge in [-0.3, -0.25) is 0 Å². The van der Waals surface area contributed by atoms with Crippen LogP contribution in [0.3, 0.4) is 0 Å². The molecule has 0 saturated carbocycles. The van der Waals surface area contributed by atoms with Crippen LogP contribution in [0.2, 0.25) is 0 Å². The third kappa shape index (κ3) is 4.44. The molecule has 0 atom stereocenters. The molecule has 0 aromatic carbocycles. The number of hydrogen-bond donors (Lipinski definition) is 1. The summed E-state index contributed by atoms with van der Waals surface area (Å²) in [4.78, 5) is 4.14. The molecular formula is C11H21N3O. The molecule has 4 nitrogen and oxygen atoms in total. The fourth-order valence-corrected chi connectivity index (χ4v) is 1.32.